The Hall–Kier alpha value is -3.27. The standard InChI is InChI=1S/C15H10N4O5S/c20-18(21)12-6-11(7-13(8-12)19(22)23)14-16-17-15(24-14)25-9-10-4-2-1-3-5-10/h1-8H,9H2. The number of rotatable bonds is 6. The van der Waals surface area contributed by atoms with Crippen molar-refractivity contribution in [1.82, 2.24) is 10.2 Å². The van der Waals surface area contributed by atoms with Crippen molar-refractivity contribution < 1.29 is 14.3 Å². The highest BCUT2D eigenvalue weighted by molar-refractivity contribution is 7.98. The molecule has 1 heterocycles. The summed E-state index contributed by atoms with van der Waals surface area (Å²) in [5, 5.41) is 29.8. The fourth-order valence-electron chi connectivity index (χ4n) is 2.03. The first kappa shape index (κ1) is 16.6. The number of non-ortho nitro benzene ring substituents is 2. The molecule has 1 aromatic heterocycles. The number of nitro benzene ring substituents is 2. The molecule has 2 aromatic carbocycles. The molecule has 0 amide bonds. The molecule has 0 saturated carbocycles. The molecule has 0 atom stereocenters. The Kier molecular flexibility index (Phi) is 4.70. The Bertz CT molecular complexity index is 896. The number of hydrogen-bond donors (Lipinski definition) is 0. The van der Waals surface area contributed by atoms with Gasteiger partial charge in [-0.3, -0.25) is 20.2 Å². The van der Waals surface area contributed by atoms with Gasteiger partial charge >= 0.3 is 0 Å². The third-order valence-electron chi connectivity index (χ3n) is 3.18. The van der Waals surface area contributed by atoms with Crippen LogP contribution in [0.1, 0.15) is 5.56 Å². The highest BCUT2D eigenvalue weighted by Crippen LogP contribution is 2.31. The average Bonchev–Trinajstić information content (AvgIpc) is 3.09. The molecule has 126 valence electrons. The van der Waals surface area contributed by atoms with Crippen LogP contribution in [0.3, 0.4) is 0 Å². The molecule has 25 heavy (non-hydrogen) atoms. The van der Waals surface area contributed by atoms with Crippen LogP contribution in [-0.4, -0.2) is 20.0 Å². The van der Waals surface area contributed by atoms with Crippen molar-refractivity contribution in [3.05, 3.63) is 74.3 Å². The molecule has 0 N–H and O–H groups in total. The van der Waals surface area contributed by atoms with Crippen LogP contribution in [0, 0.1) is 20.2 Å². The number of hydrogen-bond acceptors (Lipinski definition) is 8. The summed E-state index contributed by atoms with van der Waals surface area (Å²) in [7, 11) is 0. The van der Waals surface area contributed by atoms with E-state index in [1.165, 1.54) is 11.8 Å². The van der Waals surface area contributed by atoms with Gasteiger partial charge < -0.3 is 4.42 Å². The second kappa shape index (κ2) is 7.09. The number of aromatic nitrogens is 2. The second-order valence-electron chi connectivity index (χ2n) is 4.90. The van der Waals surface area contributed by atoms with Crippen molar-refractivity contribution in [2.75, 3.05) is 0 Å². The third-order valence-corrected chi connectivity index (χ3v) is 4.07. The first-order valence-corrected chi connectivity index (χ1v) is 7.96. The SMILES string of the molecule is O=[N+]([O-])c1cc(-c2nnc(SCc3ccccc3)o2)cc([N+](=O)[O-])c1. The highest BCUT2D eigenvalue weighted by atomic mass is 32.2. The minimum Gasteiger partial charge on any atom is -0.411 e. The molecule has 0 aliphatic carbocycles. The van der Waals surface area contributed by atoms with Crippen molar-refractivity contribution in [3.63, 3.8) is 0 Å². The summed E-state index contributed by atoms with van der Waals surface area (Å²) in [5.41, 5.74) is 0.361. The molecule has 0 fully saturated rings. The topological polar surface area (TPSA) is 125 Å². The normalized spacial score (nSPS) is 10.6. The van der Waals surface area contributed by atoms with Gasteiger partial charge in [0.15, 0.2) is 0 Å². The second-order valence-corrected chi connectivity index (χ2v) is 5.83. The summed E-state index contributed by atoms with van der Waals surface area (Å²) < 4.78 is 5.46. The Morgan fingerprint density at radius 3 is 2.20 bits per heavy atom. The summed E-state index contributed by atoms with van der Waals surface area (Å²) in [5.74, 6) is 0.597. The maximum absolute atomic E-state index is 10.9. The highest BCUT2D eigenvalue weighted by Gasteiger charge is 2.20. The first-order valence-electron chi connectivity index (χ1n) is 6.97. The van der Waals surface area contributed by atoms with Crippen LogP contribution in [0.4, 0.5) is 11.4 Å². The monoisotopic (exact) mass is 358 g/mol. The molecule has 0 radical (unpaired) electrons. The maximum atomic E-state index is 10.9. The van der Waals surface area contributed by atoms with Crippen molar-refractivity contribution in [1.29, 1.82) is 0 Å². The van der Waals surface area contributed by atoms with Crippen LogP contribution < -0.4 is 0 Å². The Morgan fingerprint density at radius 2 is 1.60 bits per heavy atom. The molecular weight excluding hydrogens is 348 g/mol. The number of nitro groups is 2. The van der Waals surface area contributed by atoms with Crippen LogP contribution in [-0.2, 0) is 5.75 Å². The van der Waals surface area contributed by atoms with E-state index >= 15 is 0 Å². The summed E-state index contributed by atoms with van der Waals surface area (Å²) >= 11 is 1.30. The van der Waals surface area contributed by atoms with E-state index in [4.69, 9.17) is 4.42 Å². The summed E-state index contributed by atoms with van der Waals surface area (Å²) in [6.07, 6.45) is 0. The van der Waals surface area contributed by atoms with Gasteiger partial charge in [-0.05, 0) is 5.56 Å². The van der Waals surface area contributed by atoms with E-state index in [-0.39, 0.29) is 16.7 Å². The fourth-order valence-corrected chi connectivity index (χ4v) is 2.75. The first-order chi connectivity index (χ1) is 12.0. The minimum atomic E-state index is -0.710. The Morgan fingerprint density at radius 1 is 0.960 bits per heavy atom. The summed E-state index contributed by atoms with van der Waals surface area (Å²) in [4.78, 5) is 20.5. The quantitative estimate of drug-likeness (QED) is 0.369. The molecule has 3 rings (SSSR count). The third kappa shape index (κ3) is 3.98. The molecule has 0 saturated heterocycles. The molecule has 0 aliphatic rings. The molecule has 9 nitrogen and oxygen atoms in total. The van der Waals surface area contributed by atoms with E-state index in [1.54, 1.807) is 0 Å². The largest absolute Gasteiger partial charge is 0.411 e. The molecule has 0 unspecified atom stereocenters. The minimum absolute atomic E-state index is 0.0117. The van der Waals surface area contributed by atoms with Crippen molar-refractivity contribution in [2.45, 2.75) is 11.0 Å². The van der Waals surface area contributed by atoms with Crippen molar-refractivity contribution >= 4 is 23.1 Å². The lowest BCUT2D eigenvalue weighted by Gasteiger charge is -1.98. The van der Waals surface area contributed by atoms with Gasteiger partial charge in [0.25, 0.3) is 16.6 Å². The number of nitrogens with zero attached hydrogens (tertiary/aromatic N) is 4. The zero-order chi connectivity index (χ0) is 17.8. The van der Waals surface area contributed by atoms with E-state index in [2.05, 4.69) is 10.2 Å². The summed E-state index contributed by atoms with van der Waals surface area (Å²) in [6, 6.07) is 12.8. The predicted molar refractivity (Wildman–Crippen MR) is 89.0 cm³/mol. The van der Waals surface area contributed by atoms with Gasteiger partial charge in [-0.15, -0.1) is 10.2 Å². The van der Waals surface area contributed by atoms with Gasteiger partial charge in [0.1, 0.15) is 0 Å². The smallest absolute Gasteiger partial charge is 0.277 e. The maximum Gasteiger partial charge on any atom is 0.277 e. The molecule has 3 aromatic rings. The Labute approximate surface area is 145 Å². The van der Waals surface area contributed by atoms with Crippen molar-refractivity contribution in [2.24, 2.45) is 0 Å². The fraction of sp³-hybridized carbons (Fsp3) is 0.0667. The lowest BCUT2D eigenvalue weighted by Crippen LogP contribution is -1.94. The van der Waals surface area contributed by atoms with E-state index in [1.807, 2.05) is 30.3 Å². The zero-order valence-electron chi connectivity index (χ0n) is 12.6. The molecular formula is C15H10N4O5S. The lowest BCUT2D eigenvalue weighted by molar-refractivity contribution is -0.394. The van der Waals surface area contributed by atoms with Gasteiger partial charge in [0.05, 0.1) is 21.5 Å². The summed E-state index contributed by atoms with van der Waals surface area (Å²) in [6.45, 7) is 0. The van der Waals surface area contributed by atoms with Gasteiger partial charge in [0.2, 0.25) is 5.89 Å². The zero-order valence-corrected chi connectivity index (χ0v) is 13.4. The van der Waals surface area contributed by atoms with Gasteiger partial charge in [0, 0.05) is 17.9 Å². The van der Waals surface area contributed by atoms with E-state index < -0.39 is 21.2 Å². The van der Waals surface area contributed by atoms with Crippen LogP contribution in [0.5, 0.6) is 0 Å². The molecule has 10 heteroatoms. The van der Waals surface area contributed by atoms with Gasteiger partial charge in [-0.1, -0.05) is 42.1 Å². The van der Waals surface area contributed by atoms with Crippen molar-refractivity contribution in [3.8, 4) is 11.5 Å². The Balaban J connectivity index is 1.84. The van der Waals surface area contributed by atoms with Crippen LogP contribution >= 0.6 is 11.8 Å². The van der Waals surface area contributed by atoms with Crippen LogP contribution in [0.2, 0.25) is 0 Å². The van der Waals surface area contributed by atoms with Crippen LogP contribution in [0.15, 0.2) is 58.2 Å². The van der Waals surface area contributed by atoms with Crippen LogP contribution in [0.25, 0.3) is 11.5 Å². The van der Waals surface area contributed by atoms with E-state index in [9.17, 15) is 20.2 Å². The predicted octanol–water partition coefficient (Wildman–Crippen LogP) is 3.85. The van der Waals surface area contributed by atoms with E-state index in [0.29, 0.717) is 5.75 Å². The van der Waals surface area contributed by atoms with Gasteiger partial charge in [-0.2, -0.15) is 0 Å². The molecule has 0 spiro atoms. The number of thioether (sulfide) groups is 1. The number of benzene rings is 2. The van der Waals surface area contributed by atoms with E-state index in [0.717, 1.165) is 23.8 Å². The van der Waals surface area contributed by atoms with Gasteiger partial charge in [-0.25, -0.2) is 0 Å². The molecule has 0 bridgehead atoms. The molecule has 0 aliphatic heterocycles. The average molecular weight is 358 g/mol. The lowest BCUT2D eigenvalue weighted by atomic mass is 10.2.